The van der Waals surface area contributed by atoms with Crippen molar-refractivity contribution in [3.63, 3.8) is 0 Å². The normalized spacial score (nSPS) is 22.3. The fourth-order valence-corrected chi connectivity index (χ4v) is 3.16. The summed E-state index contributed by atoms with van der Waals surface area (Å²) < 4.78 is 6.68. The molecule has 104 valence electrons. The van der Waals surface area contributed by atoms with Gasteiger partial charge < -0.3 is 14.7 Å². The van der Waals surface area contributed by atoms with E-state index in [9.17, 15) is 4.79 Å². The molecule has 0 radical (unpaired) electrons. The van der Waals surface area contributed by atoms with E-state index in [1.165, 1.54) is 0 Å². The standard InChI is InChI=1S/C14H18BrNO3/c1-9-7-16(8-14(2,3)19-9)12-5-4-10(13(17)18)6-11(12)15/h4-6,9H,7-8H2,1-3H3,(H,17,18). The van der Waals surface area contributed by atoms with Crippen molar-refractivity contribution in [2.24, 2.45) is 0 Å². The van der Waals surface area contributed by atoms with Crippen LogP contribution in [0.5, 0.6) is 0 Å². The van der Waals surface area contributed by atoms with Crippen LogP contribution in [0.25, 0.3) is 0 Å². The van der Waals surface area contributed by atoms with Gasteiger partial charge in [0.2, 0.25) is 0 Å². The van der Waals surface area contributed by atoms with E-state index in [1.54, 1.807) is 12.1 Å². The van der Waals surface area contributed by atoms with E-state index in [4.69, 9.17) is 9.84 Å². The number of carboxylic acids is 1. The number of rotatable bonds is 2. The van der Waals surface area contributed by atoms with Gasteiger partial charge in [0, 0.05) is 17.6 Å². The number of nitrogens with zero attached hydrogens (tertiary/aromatic N) is 1. The van der Waals surface area contributed by atoms with Gasteiger partial charge in [-0.15, -0.1) is 0 Å². The third-order valence-electron chi connectivity index (χ3n) is 3.10. The van der Waals surface area contributed by atoms with E-state index in [-0.39, 0.29) is 17.3 Å². The first kappa shape index (κ1) is 14.3. The molecular formula is C14H18BrNO3. The van der Waals surface area contributed by atoms with Crippen molar-refractivity contribution >= 4 is 27.6 Å². The zero-order valence-corrected chi connectivity index (χ0v) is 12.9. The van der Waals surface area contributed by atoms with Crippen LogP contribution in [0.3, 0.4) is 0 Å². The maximum Gasteiger partial charge on any atom is 0.335 e. The molecule has 2 rings (SSSR count). The largest absolute Gasteiger partial charge is 0.478 e. The smallest absolute Gasteiger partial charge is 0.335 e. The minimum absolute atomic E-state index is 0.148. The Labute approximate surface area is 121 Å². The summed E-state index contributed by atoms with van der Waals surface area (Å²) in [5, 5.41) is 8.98. The zero-order chi connectivity index (χ0) is 14.2. The number of carbonyl (C=O) groups is 1. The Kier molecular flexibility index (Phi) is 3.87. The van der Waals surface area contributed by atoms with Gasteiger partial charge in [0.25, 0.3) is 0 Å². The molecule has 0 saturated carbocycles. The topological polar surface area (TPSA) is 49.8 Å². The van der Waals surface area contributed by atoms with Gasteiger partial charge in [-0.25, -0.2) is 4.79 Å². The number of benzene rings is 1. The van der Waals surface area contributed by atoms with Crippen LogP contribution in [0.4, 0.5) is 5.69 Å². The van der Waals surface area contributed by atoms with Crippen LogP contribution in [0.2, 0.25) is 0 Å². The molecule has 4 nitrogen and oxygen atoms in total. The van der Waals surface area contributed by atoms with E-state index in [2.05, 4.69) is 34.7 Å². The van der Waals surface area contributed by atoms with Gasteiger partial charge in [0.1, 0.15) is 0 Å². The lowest BCUT2D eigenvalue weighted by Crippen LogP contribution is -2.52. The molecule has 1 aromatic carbocycles. The minimum atomic E-state index is -0.914. The molecule has 0 spiro atoms. The molecule has 0 amide bonds. The molecule has 1 heterocycles. The molecule has 0 bridgehead atoms. The van der Waals surface area contributed by atoms with Crippen LogP contribution in [0.1, 0.15) is 31.1 Å². The Balaban J connectivity index is 2.29. The lowest BCUT2D eigenvalue weighted by molar-refractivity contribution is -0.0750. The molecule has 1 aromatic rings. The number of hydrogen-bond acceptors (Lipinski definition) is 3. The van der Waals surface area contributed by atoms with Gasteiger partial charge >= 0.3 is 5.97 Å². The molecule has 0 aliphatic carbocycles. The van der Waals surface area contributed by atoms with Crippen molar-refractivity contribution in [2.75, 3.05) is 18.0 Å². The summed E-state index contributed by atoms with van der Waals surface area (Å²) in [5.74, 6) is -0.914. The molecule has 1 N–H and O–H groups in total. The van der Waals surface area contributed by atoms with Crippen molar-refractivity contribution < 1.29 is 14.6 Å². The molecule has 5 heteroatoms. The van der Waals surface area contributed by atoms with Gasteiger partial charge in [-0.3, -0.25) is 0 Å². The summed E-state index contributed by atoms with van der Waals surface area (Å²) in [6.07, 6.45) is 0.148. The lowest BCUT2D eigenvalue weighted by Gasteiger charge is -2.43. The molecule has 1 atom stereocenters. The summed E-state index contributed by atoms with van der Waals surface area (Å²) in [6.45, 7) is 7.76. The van der Waals surface area contributed by atoms with Gasteiger partial charge in [0.05, 0.1) is 23.0 Å². The summed E-state index contributed by atoms with van der Waals surface area (Å²) in [5.41, 5.74) is 1.09. The predicted octanol–water partition coefficient (Wildman–Crippen LogP) is 3.15. The number of anilines is 1. The average molecular weight is 328 g/mol. The number of halogens is 1. The van der Waals surface area contributed by atoms with Gasteiger partial charge in [-0.05, 0) is 54.9 Å². The summed E-state index contributed by atoms with van der Waals surface area (Å²) in [4.78, 5) is 13.2. The number of hydrogen-bond donors (Lipinski definition) is 1. The van der Waals surface area contributed by atoms with Crippen LogP contribution < -0.4 is 4.90 Å². The van der Waals surface area contributed by atoms with Crippen LogP contribution in [0, 0.1) is 0 Å². The zero-order valence-electron chi connectivity index (χ0n) is 11.3. The van der Waals surface area contributed by atoms with Crippen molar-refractivity contribution in [1.29, 1.82) is 0 Å². The molecule has 1 aliphatic rings. The summed E-state index contributed by atoms with van der Waals surface area (Å²) in [6, 6.07) is 5.13. The van der Waals surface area contributed by atoms with Crippen molar-refractivity contribution in [2.45, 2.75) is 32.5 Å². The average Bonchev–Trinajstić information content (AvgIpc) is 2.25. The fourth-order valence-electron chi connectivity index (χ4n) is 2.53. The van der Waals surface area contributed by atoms with Gasteiger partial charge in [0.15, 0.2) is 0 Å². The Morgan fingerprint density at radius 2 is 2.21 bits per heavy atom. The van der Waals surface area contributed by atoms with Crippen LogP contribution in [-0.4, -0.2) is 35.9 Å². The summed E-state index contributed by atoms with van der Waals surface area (Å²) >= 11 is 3.46. The first-order valence-corrected chi connectivity index (χ1v) is 7.03. The third kappa shape index (κ3) is 3.28. The maximum absolute atomic E-state index is 10.9. The molecule has 1 aliphatic heterocycles. The van der Waals surface area contributed by atoms with Crippen LogP contribution in [-0.2, 0) is 4.74 Å². The van der Waals surface area contributed by atoms with E-state index in [0.29, 0.717) is 0 Å². The minimum Gasteiger partial charge on any atom is -0.478 e. The number of ether oxygens (including phenoxy) is 1. The molecule has 1 saturated heterocycles. The predicted molar refractivity (Wildman–Crippen MR) is 77.9 cm³/mol. The lowest BCUT2D eigenvalue weighted by atomic mass is 10.0. The highest BCUT2D eigenvalue weighted by molar-refractivity contribution is 9.10. The Hall–Kier alpha value is -1.07. The molecule has 1 unspecified atom stereocenters. The van der Waals surface area contributed by atoms with Crippen molar-refractivity contribution in [3.05, 3.63) is 28.2 Å². The number of carboxylic acid groups (broad SMARTS) is 1. The van der Waals surface area contributed by atoms with E-state index in [1.807, 2.05) is 13.0 Å². The second-order valence-corrected chi connectivity index (χ2v) is 6.39. The maximum atomic E-state index is 10.9. The van der Waals surface area contributed by atoms with Crippen molar-refractivity contribution in [1.82, 2.24) is 0 Å². The molecular weight excluding hydrogens is 310 g/mol. The van der Waals surface area contributed by atoms with E-state index < -0.39 is 5.97 Å². The van der Waals surface area contributed by atoms with E-state index in [0.717, 1.165) is 23.2 Å². The first-order valence-electron chi connectivity index (χ1n) is 6.24. The Morgan fingerprint density at radius 1 is 1.53 bits per heavy atom. The molecule has 0 aromatic heterocycles. The molecule has 19 heavy (non-hydrogen) atoms. The second kappa shape index (κ2) is 5.13. The summed E-state index contributed by atoms with van der Waals surface area (Å²) in [7, 11) is 0. The van der Waals surface area contributed by atoms with Crippen LogP contribution in [0.15, 0.2) is 22.7 Å². The van der Waals surface area contributed by atoms with Gasteiger partial charge in [-0.2, -0.15) is 0 Å². The van der Waals surface area contributed by atoms with E-state index >= 15 is 0 Å². The monoisotopic (exact) mass is 327 g/mol. The number of aromatic carboxylic acids is 1. The highest BCUT2D eigenvalue weighted by atomic mass is 79.9. The highest BCUT2D eigenvalue weighted by Crippen LogP contribution is 2.32. The molecule has 1 fully saturated rings. The SMILES string of the molecule is CC1CN(c2ccc(C(=O)O)cc2Br)CC(C)(C)O1. The quantitative estimate of drug-likeness (QED) is 0.906. The van der Waals surface area contributed by atoms with Gasteiger partial charge in [-0.1, -0.05) is 0 Å². The van der Waals surface area contributed by atoms with Crippen molar-refractivity contribution in [3.8, 4) is 0 Å². The third-order valence-corrected chi connectivity index (χ3v) is 3.74. The first-order chi connectivity index (χ1) is 8.78. The number of morpholine rings is 1. The van der Waals surface area contributed by atoms with Crippen LogP contribution >= 0.6 is 15.9 Å². The Bertz CT molecular complexity index is 501. The highest BCUT2D eigenvalue weighted by Gasteiger charge is 2.32. The fraction of sp³-hybridized carbons (Fsp3) is 0.500. The Morgan fingerprint density at radius 3 is 2.74 bits per heavy atom. The second-order valence-electron chi connectivity index (χ2n) is 5.54.